The van der Waals surface area contributed by atoms with Crippen molar-refractivity contribution in [3.05, 3.63) is 0 Å². The minimum Gasteiger partial charge on any atom is -0.353 e. The molecule has 1 rings (SSSR count). The third-order valence-corrected chi connectivity index (χ3v) is 2.93. The molecule has 0 aromatic rings. The highest BCUT2D eigenvalue weighted by atomic mass is 16.1. The molecule has 3 nitrogen and oxygen atoms in total. The van der Waals surface area contributed by atoms with Crippen LogP contribution in [0.5, 0.6) is 0 Å². The Morgan fingerprint density at radius 1 is 1.40 bits per heavy atom. The average molecular weight is 208 g/mol. The monoisotopic (exact) mass is 208 g/mol. The lowest BCUT2D eigenvalue weighted by molar-refractivity contribution is -0.122. The zero-order chi connectivity index (χ0) is 11.1. The van der Waals surface area contributed by atoms with Gasteiger partial charge >= 0.3 is 0 Å². The number of carbonyl (C=O) groups is 1. The molecule has 0 spiro atoms. The fourth-order valence-electron chi connectivity index (χ4n) is 2.03. The second kappa shape index (κ2) is 6.44. The highest BCUT2D eigenvalue weighted by molar-refractivity contribution is 5.76. The van der Waals surface area contributed by atoms with Crippen LogP contribution in [0.1, 0.15) is 51.9 Å². The van der Waals surface area contributed by atoms with Gasteiger partial charge in [0, 0.05) is 12.5 Å². The van der Waals surface area contributed by atoms with Gasteiger partial charge in [0.1, 0.15) is 0 Å². The van der Waals surface area contributed by atoms with Gasteiger partial charge in [0.2, 0.25) is 5.91 Å². The molecule has 1 aliphatic rings. The average Bonchev–Trinajstić information content (AvgIpc) is 2.46. The fraction of sp³-hybridized carbons (Fsp3) is 0.833. The molecule has 0 saturated heterocycles. The standard InChI is InChI=1S/C12H20N2O/c1-10(9-13)8-12(15)14-11-6-4-2-3-5-7-11/h10-11H,2-8H2,1H3,(H,14,15). The Balaban J connectivity index is 2.27. The molecule has 0 bridgehead atoms. The van der Waals surface area contributed by atoms with E-state index in [1.165, 1.54) is 25.7 Å². The molecule has 1 unspecified atom stereocenters. The molecule has 0 aromatic heterocycles. The summed E-state index contributed by atoms with van der Waals surface area (Å²) in [6, 6.07) is 2.44. The molecule has 84 valence electrons. The molecule has 0 heterocycles. The molecule has 15 heavy (non-hydrogen) atoms. The van der Waals surface area contributed by atoms with Crippen LogP contribution < -0.4 is 5.32 Å². The maximum Gasteiger partial charge on any atom is 0.221 e. The van der Waals surface area contributed by atoms with Crippen molar-refractivity contribution in [1.29, 1.82) is 5.26 Å². The van der Waals surface area contributed by atoms with E-state index < -0.39 is 0 Å². The number of nitrogens with one attached hydrogen (secondary N) is 1. The van der Waals surface area contributed by atoms with E-state index in [-0.39, 0.29) is 11.8 Å². The molecule has 1 saturated carbocycles. The summed E-state index contributed by atoms with van der Waals surface area (Å²) in [4.78, 5) is 11.5. The van der Waals surface area contributed by atoms with Gasteiger partial charge in [0.05, 0.1) is 12.0 Å². The lowest BCUT2D eigenvalue weighted by atomic mass is 10.1. The van der Waals surface area contributed by atoms with Gasteiger partial charge in [-0.3, -0.25) is 4.79 Å². The largest absolute Gasteiger partial charge is 0.353 e. The summed E-state index contributed by atoms with van der Waals surface area (Å²) in [5.41, 5.74) is 0. The van der Waals surface area contributed by atoms with Crippen molar-refractivity contribution in [2.75, 3.05) is 0 Å². The van der Waals surface area contributed by atoms with Gasteiger partial charge in [-0.1, -0.05) is 25.7 Å². The Kier molecular flexibility index (Phi) is 5.17. The van der Waals surface area contributed by atoms with Crippen LogP contribution in [0.4, 0.5) is 0 Å². The molecular weight excluding hydrogens is 188 g/mol. The zero-order valence-electron chi connectivity index (χ0n) is 9.46. The van der Waals surface area contributed by atoms with Crippen LogP contribution in [0.15, 0.2) is 0 Å². The van der Waals surface area contributed by atoms with Gasteiger partial charge in [-0.15, -0.1) is 0 Å². The van der Waals surface area contributed by atoms with Crippen molar-refractivity contribution in [3.8, 4) is 6.07 Å². The van der Waals surface area contributed by atoms with E-state index in [0.29, 0.717) is 12.5 Å². The van der Waals surface area contributed by atoms with Crippen LogP contribution in [-0.4, -0.2) is 11.9 Å². The van der Waals surface area contributed by atoms with Crippen LogP contribution in [0.3, 0.4) is 0 Å². The van der Waals surface area contributed by atoms with E-state index in [0.717, 1.165) is 12.8 Å². The van der Waals surface area contributed by atoms with Crippen molar-refractivity contribution >= 4 is 5.91 Å². The minimum absolute atomic E-state index is 0.0379. The lowest BCUT2D eigenvalue weighted by Gasteiger charge is -2.16. The molecule has 0 radical (unpaired) electrons. The number of rotatable bonds is 3. The third kappa shape index (κ3) is 4.83. The number of amides is 1. The molecule has 1 atom stereocenters. The van der Waals surface area contributed by atoms with E-state index in [4.69, 9.17) is 5.26 Å². The molecule has 3 heteroatoms. The van der Waals surface area contributed by atoms with Gasteiger partial charge in [0.25, 0.3) is 0 Å². The van der Waals surface area contributed by atoms with Gasteiger partial charge < -0.3 is 5.32 Å². The minimum atomic E-state index is -0.171. The molecular formula is C12H20N2O. The smallest absolute Gasteiger partial charge is 0.221 e. The predicted octanol–water partition coefficient (Wildman–Crippen LogP) is 2.38. The Hall–Kier alpha value is -1.04. The van der Waals surface area contributed by atoms with Crippen molar-refractivity contribution in [1.82, 2.24) is 5.32 Å². The maximum atomic E-state index is 11.5. The first-order valence-corrected chi connectivity index (χ1v) is 5.91. The van der Waals surface area contributed by atoms with Gasteiger partial charge in [-0.2, -0.15) is 5.26 Å². The predicted molar refractivity (Wildman–Crippen MR) is 59.0 cm³/mol. The zero-order valence-corrected chi connectivity index (χ0v) is 9.46. The highest BCUT2D eigenvalue weighted by Crippen LogP contribution is 2.17. The second-order valence-electron chi connectivity index (χ2n) is 4.49. The molecule has 0 aromatic carbocycles. The van der Waals surface area contributed by atoms with E-state index in [1.807, 2.05) is 0 Å². The summed E-state index contributed by atoms with van der Waals surface area (Å²) in [6.45, 7) is 1.78. The van der Waals surface area contributed by atoms with Crippen molar-refractivity contribution in [3.63, 3.8) is 0 Å². The summed E-state index contributed by atoms with van der Waals surface area (Å²) in [5, 5.41) is 11.6. The summed E-state index contributed by atoms with van der Waals surface area (Å²) >= 11 is 0. The van der Waals surface area contributed by atoms with Crippen LogP contribution in [-0.2, 0) is 4.79 Å². The maximum absolute atomic E-state index is 11.5. The van der Waals surface area contributed by atoms with Crippen molar-refractivity contribution in [2.24, 2.45) is 5.92 Å². The Morgan fingerprint density at radius 2 is 2.00 bits per heavy atom. The molecule has 1 amide bonds. The number of carbonyl (C=O) groups excluding carboxylic acids is 1. The topological polar surface area (TPSA) is 52.9 Å². The van der Waals surface area contributed by atoms with Crippen molar-refractivity contribution < 1.29 is 4.79 Å². The first-order chi connectivity index (χ1) is 7.22. The molecule has 0 aliphatic heterocycles. The van der Waals surface area contributed by atoms with Gasteiger partial charge in [-0.05, 0) is 19.8 Å². The fourth-order valence-corrected chi connectivity index (χ4v) is 2.03. The Morgan fingerprint density at radius 3 is 2.53 bits per heavy atom. The van der Waals surface area contributed by atoms with Crippen LogP contribution >= 0.6 is 0 Å². The SMILES string of the molecule is CC(C#N)CC(=O)NC1CCCCCC1. The summed E-state index contributed by atoms with van der Waals surface area (Å²) in [5.74, 6) is -0.133. The highest BCUT2D eigenvalue weighted by Gasteiger charge is 2.15. The number of hydrogen-bond acceptors (Lipinski definition) is 2. The van der Waals surface area contributed by atoms with E-state index in [1.54, 1.807) is 6.92 Å². The van der Waals surface area contributed by atoms with E-state index in [9.17, 15) is 4.79 Å². The third-order valence-electron chi connectivity index (χ3n) is 2.93. The van der Waals surface area contributed by atoms with Crippen LogP contribution in [0.2, 0.25) is 0 Å². The first kappa shape index (κ1) is 12.0. The quantitative estimate of drug-likeness (QED) is 0.724. The Labute approximate surface area is 91.9 Å². The van der Waals surface area contributed by atoms with Crippen LogP contribution in [0, 0.1) is 17.2 Å². The normalized spacial score (nSPS) is 20.0. The van der Waals surface area contributed by atoms with E-state index >= 15 is 0 Å². The van der Waals surface area contributed by atoms with Crippen molar-refractivity contribution in [2.45, 2.75) is 57.9 Å². The summed E-state index contributed by atoms with van der Waals surface area (Å²) < 4.78 is 0. The lowest BCUT2D eigenvalue weighted by Crippen LogP contribution is -2.35. The number of nitrogens with zero attached hydrogens (tertiary/aromatic N) is 1. The van der Waals surface area contributed by atoms with Crippen LogP contribution in [0.25, 0.3) is 0 Å². The molecule has 1 fully saturated rings. The molecule has 1 aliphatic carbocycles. The first-order valence-electron chi connectivity index (χ1n) is 5.91. The Bertz CT molecular complexity index is 236. The van der Waals surface area contributed by atoms with Gasteiger partial charge in [-0.25, -0.2) is 0 Å². The number of hydrogen-bond donors (Lipinski definition) is 1. The summed E-state index contributed by atoms with van der Waals surface area (Å²) in [7, 11) is 0. The van der Waals surface area contributed by atoms with E-state index in [2.05, 4.69) is 11.4 Å². The summed E-state index contributed by atoms with van der Waals surface area (Å²) in [6.07, 6.45) is 7.58. The van der Waals surface area contributed by atoms with Gasteiger partial charge in [0.15, 0.2) is 0 Å². The second-order valence-corrected chi connectivity index (χ2v) is 4.49. The number of nitriles is 1. The molecule has 1 N–H and O–H groups in total.